The molecule has 0 saturated heterocycles. The van der Waals surface area contributed by atoms with Crippen LogP contribution in [-0.4, -0.2) is 42.3 Å². The first-order valence-electron chi connectivity index (χ1n) is 12.4. The number of anilines is 1. The lowest BCUT2D eigenvalue weighted by Gasteiger charge is -2.19. The summed E-state index contributed by atoms with van der Waals surface area (Å²) < 4.78 is 6.04. The minimum atomic E-state index is -0.825. The molecular weight excluding hydrogens is 430 g/mol. The van der Waals surface area contributed by atoms with Gasteiger partial charge < -0.3 is 15.2 Å². The number of nitrogens with one attached hydrogen (secondary N) is 1. The first kappa shape index (κ1) is 27.2. The van der Waals surface area contributed by atoms with Crippen molar-refractivity contribution in [2.24, 2.45) is 0 Å². The first-order chi connectivity index (χ1) is 16.5. The van der Waals surface area contributed by atoms with E-state index in [0.717, 1.165) is 36.8 Å². The Balaban J connectivity index is 2.13. The van der Waals surface area contributed by atoms with Gasteiger partial charge in [0.2, 0.25) is 0 Å². The molecule has 2 aromatic rings. The van der Waals surface area contributed by atoms with Gasteiger partial charge in [-0.2, -0.15) is 0 Å². The maximum Gasteiger partial charge on any atom is 0.322 e. The summed E-state index contributed by atoms with van der Waals surface area (Å²) in [7, 11) is 1.71. The van der Waals surface area contributed by atoms with Crippen molar-refractivity contribution in [2.45, 2.75) is 71.6 Å². The molecule has 0 aliphatic carbocycles. The molecule has 186 valence electrons. The lowest BCUT2D eigenvalue weighted by molar-refractivity contribution is -0.136. The third-order valence-corrected chi connectivity index (χ3v) is 5.64. The number of aromatic nitrogens is 1. The molecule has 1 aromatic heterocycles. The van der Waals surface area contributed by atoms with Crippen molar-refractivity contribution < 1.29 is 19.4 Å². The van der Waals surface area contributed by atoms with Crippen LogP contribution in [-0.2, 0) is 11.2 Å². The second-order valence-corrected chi connectivity index (χ2v) is 8.51. The number of carbonyl (C=O) groups excluding carboxylic acids is 1. The number of aryl methyl sites for hydroxylation is 1. The number of carboxylic acid groups (broad SMARTS) is 1. The van der Waals surface area contributed by atoms with Crippen molar-refractivity contribution in [3.8, 4) is 17.0 Å². The summed E-state index contributed by atoms with van der Waals surface area (Å²) in [5.74, 6) is 0.407. The molecule has 0 fully saturated rings. The van der Waals surface area contributed by atoms with E-state index in [1.807, 2.05) is 36.4 Å². The summed E-state index contributed by atoms with van der Waals surface area (Å²) in [6.07, 6.45) is 8.17. The van der Waals surface area contributed by atoms with E-state index in [9.17, 15) is 9.59 Å². The number of pyridine rings is 1. The van der Waals surface area contributed by atoms with E-state index in [0.29, 0.717) is 36.8 Å². The minimum absolute atomic E-state index is 0.0694. The number of nitrogens with zero attached hydrogens (tertiary/aromatic N) is 2. The van der Waals surface area contributed by atoms with E-state index in [4.69, 9.17) is 14.8 Å². The van der Waals surface area contributed by atoms with Gasteiger partial charge in [0, 0.05) is 25.6 Å². The zero-order valence-electron chi connectivity index (χ0n) is 20.8. The highest BCUT2D eigenvalue weighted by Gasteiger charge is 2.15. The fourth-order valence-electron chi connectivity index (χ4n) is 3.54. The van der Waals surface area contributed by atoms with Gasteiger partial charge >= 0.3 is 12.0 Å². The van der Waals surface area contributed by atoms with Crippen molar-refractivity contribution in [1.29, 1.82) is 0 Å². The van der Waals surface area contributed by atoms with Crippen LogP contribution in [0.2, 0.25) is 0 Å². The maximum absolute atomic E-state index is 12.6. The van der Waals surface area contributed by atoms with Crippen LogP contribution in [0.5, 0.6) is 5.75 Å². The van der Waals surface area contributed by atoms with Crippen LogP contribution >= 0.6 is 0 Å². The lowest BCUT2D eigenvalue weighted by atomic mass is 10.0. The predicted octanol–water partition coefficient (Wildman–Crippen LogP) is 6.06. The molecule has 2 amide bonds. The van der Waals surface area contributed by atoms with Crippen molar-refractivity contribution >= 4 is 17.8 Å². The Kier molecular flexibility index (Phi) is 11.9. The average Bonchev–Trinajstić information content (AvgIpc) is 2.84. The number of urea groups is 1. The van der Waals surface area contributed by atoms with Gasteiger partial charge in [0.05, 0.1) is 12.3 Å². The Labute approximate surface area is 203 Å². The summed E-state index contributed by atoms with van der Waals surface area (Å²) in [6, 6.07) is 11.1. The number of unbranched alkanes of at least 4 members (excludes halogenated alkanes) is 5. The highest BCUT2D eigenvalue weighted by atomic mass is 16.5. The molecule has 2 N–H and O–H groups in total. The van der Waals surface area contributed by atoms with Gasteiger partial charge in [0.15, 0.2) is 0 Å². The van der Waals surface area contributed by atoms with Gasteiger partial charge in [0.1, 0.15) is 11.6 Å². The van der Waals surface area contributed by atoms with Crippen molar-refractivity contribution in [3.05, 3.63) is 42.0 Å². The second kappa shape index (κ2) is 14.9. The van der Waals surface area contributed by atoms with Crippen molar-refractivity contribution in [3.63, 3.8) is 0 Å². The first-order valence-corrected chi connectivity index (χ1v) is 12.4. The van der Waals surface area contributed by atoms with Gasteiger partial charge in [-0.05, 0) is 49.1 Å². The zero-order valence-corrected chi connectivity index (χ0v) is 20.8. The molecule has 0 spiro atoms. The van der Waals surface area contributed by atoms with E-state index < -0.39 is 5.97 Å². The molecule has 2 rings (SSSR count). The number of carboxylic acids is 1. The molecule has 0 radical (unpaired) electrons. The van der Waals surface area contributed by atoms with Gasteiger partial charge in [0.25, 0.3) is 0 Å². The Hall–Kier alpha value is -3.09. The third-order valence-electron chi connectivity index (χ3n) is 5.64. The Morgan fingerprint density at radius 3 is 2.53 bits per heavy atom. The number of hydrogen-bond donors (Lipinski definition) is 2. The summed E-state index contributed by atoms with van der Waals surface area (Å²) in [5.41, 5.74) is 2.43. The largest absolute Gasteiger partial charge is 0.493 e. The topological polar surface area (TPSA) is 91.8 Å². The van der Waals surface area contributed by atoms with E-state index in [1.54, 1.807) is 7.05 Å². The number of rotatable bonds is 15. The summed E-state index contributed by atoms with van der Waals surface area (Å²) in [4.78, 5) is 29.8. The SMILES string of the molecule is CCCCCCCNC(=O)N(C)c1cccc(-c2ccc(CCC(=O)O)cc2OCCCC)n1. The number of benzene rings is 1. The van der Waals surface area contributed by atoms with Crippen molar-refractivity contribution in [2.75, 3.05) is 25.1 Å². The second-order valence-electron chi connectivity index (χ2n) is 8.51. The molecule has 0 saturated carbocycles. The molecule has 7 nitrogen and oxygen atoms in total. The highest BCUT2D eigenvalue weighted by molar-refractivity contribution is 5.90. The van der Waals surface area contributed by atoms with E-state index >= 15 is 0 Å². The Morgan fingerprint density at radius 1 is 1.03 bits per heavy atom. The molecule has 7 heteroatoms. The number of amides is 2. The van der Waals surface area contributed by atoms with Crippen LogP contribution in [0.25, 0.3) is 11.3 Å². The lowest BCUT2D eigenvalue weighted by Crippen LogP contribution is -2.38. The molecule has 1 aromatic carbocycles. The average molecular weight is 470 g/mol. The standard InChI is InChI=1S/C27H39N3O4/c1-4-6-8-9-10-18-28-27(33)30(3)25-13-11-12-23(29-25)22-16-14-21(15-17-26(31)32)20-24(22)34-19-7-5-2/h11-14,16,20H,4-10,15,17-19H2,1-3H3,(H,28,33)(H,31,32). The molecule has 0 aliphatic rings. The van der Waals surface area contributed by atoms with Crippen LogP contribution in [0, 0.1) is 0 Å². The Bertz CT molecular complexity index is 916. The summed E-state index contributed by atoms with van der Waals surface area (Å²) in [6.45, 7) is 5.52. The third kappa shape index (κ3) is 9.04. The van der Waals surface area contributed by atoms with E-state index in [2.05, 4.69) is 19.2 Å². The fourth-order valence-corrected chi connectivity index (χ4v) is 3.54. The van der Waals surface area contributed by atoms with Crippen LogP contribution in [0.15, 0.2) is 36.4 Å². The van der Waals surface area contributed by atoms with Gasteiger partial charge in [-0.1, -0.05) is 58.1 Å². The number of hydrogen-bond acceptors (Lipinski definition) is 4. The van der Waals surface area contributed by atoms with Gasteiger partial charge in [-0.15, -0.1) is 0 Å². The van der Waals surface area contributed by atoms with E-state index in [1.165, 1.54) is 24.2 Å². The van der Waals surface area contributed by atoms with Crippen molar-refractivity contribution in [1.82, 2.24) is 10.3 Å². The number of aliphatic carboxylic acids is 1. The number of carbonyl (C=O) groups is 2. The van der Waals surface area contributed by atoms with E-state index in [-0.39, 0.29) is 12.5 Å². The summed E-state index contributed by atoms with van der Waals surface area (Å²) in [5, 5.41) is 12.0. The molecule has 1 heterocycles. The van der Waals surface area contributed by atoms with Gasteiger partial charge in [-0.25, -0.2) is 9.78 Å². The quantitative estimate of drug-likeness (QED) is 0.309. The molecule has 0 unspecified atom stereocenters. The monoisotopic (exact) mass is 469 g/mol. The smallest absolute Gasteiger partial charge is 0.322 e. The van der Waals surface area contributed by atoms with Crippen LogP contribution in [0.4, 0.5) is 10.6 Å². The Morgan fingerprint density at radius 2 is 1.79 bits per heavy atom. The normalized spacial score (nSPS) is 10.7. The van der Waals surface area contributed by atoms with Crippen LogP contribution in [0.3, 0.4) is 0 Å². The minimum Gasteiger partial charge on any atom is -0.493 e. The summed E-state index contributed by atoms with van der Waals surface area (Å²) >= 11 is 0. The van der Waals surface area contributed by atoms with Crippen LogP contribution in [0.1, 0.15) is 70.8 Å². The molecule has 34 heavy (non-hydrogen) atoms. The molecule has 0 aliphatic heterocycles. The fraction of sp³-hybridized carbons (Fsp3) is 0.519. The molecular formula is C27H39N3O4. The molecule has 0 atom stereocenters. The predicted molar refractivity (Wildman–Crippen MR) is 137 cm³/mol. The number of ether oxygens (including phenoxy) is 1. The highest BCUT2D eigenvalue weighted by Crippen LogP contribution is 2.31. The maximum atomic E-state index is 12.6. The molecule has 0 bridgehead atoms. The van der Waals surface area contributed by atoms with Gasteiger partial charge in [-0.3, -0.25) is 9.69 Å². The van der Waals surface area contributed by atoms with Crippen LogP contribution < -0.4 is 15.0 Å². The zero-order chi connectivity index (χ0) is 24.8.